The van der Waals surface area contributed by atoms with Crippen molar-refractivity contribution in [3.8, 4) is 0 Å². The first-order chi connectivity index (χ1) is 15.5. The first kappa shape index (κ1) is 25.2. The van der Waals surface area contributed by atoms with Gasteiger partial charge < -0.3 is 4.74 Å². The van der Waals surface area contributed by atoms with Crippen LogP contribution in [-0.2, 0) is 14.3 Å². The molecule has 3 heteroatoms. The molecule has 0 saturated heterocycles. The van der Waals surface area contributed by atoms with Gasteiger partial charge in [-0.1, -0.05) is 41.5 Å². The van der Waals surface area contributed by atoms with E-state index in [2.05, 4.69) is 41.5 Å². The summed E-state index contributed by atoms with van der Waals surface area (Å²) < 4.78 is 5.60. The lowest BCUT2D eigenvalue weighted by molar-refractivity contribution is -0.164. The summed E-state index contributed by atoms with van der Waals surface area (Å²) in [5, 5.41) is 0. The molecule has 3 nitrogen and oxygen atoms in total. The molecule has 10 atom stereocenters. The minimum atomic E-state index is -0.146. The van der Waals surface area contributed by atoms with Gasteiger partial charge in [0.1, 0.15) is 11.9 Å². The summed E-state index contributed by atoms with van der Waals surface area (Å²) in [4.78, 5) is 25.7. The highest BCUT2D eigenvalue weighted by Crippen LogP contribution is 2.63. The Morgan fingerprint density at radius 2 is 1.73 bits per heavy atom. The van der Waals surface area contributed by atoms with Crippen molar-refractivity contribution >= 4 is 11.8 Å². The van der Waals surface area contributed by atoms with Crippen molar-refractivity contribution in [2.45, 2.75) is 119 Å². The van der Waals surface area contributed by atoms with E-state index in [0.29, 0.717) is 29.5 Å². The molecule has 4 aliphatic rings. The van der Waals surface area contributed by atoms with Gasteiger partial charge in [-0.05, 0) is 111 Å². The van der Waals surface area contributed by atoms with Crippen molar-refractivity contribution in [1.82, 2.24) is 0 Å². The molecule has 0 unspecified atom stereocenters. The molecule has 0 aliphatic heterocycles. The number of ether oxygens (including phenoxy) is 1. The second-order valence-corrected chi connectivity index (χ2v) is 13.6. The molecular formula is C30H50O3. The molecule has 4 fully saturated rings. The lowest BCUT2D eigenvalue weighted by Gasteiger charge is -2.59. The Morgan fingerprint density at radius 3 is 2.39 bits per heavy atom. The maximum Gasteiger partial charge on any atom is 0.302 e. The number of carbonyl (C=O) groups excluding carboxylic acids is 2. The van der Waals surface area contributed by atoms with Gasteiger partial charge >= 0.3 is 5.97 Å². The monoisotopic (exact) mass is 458 g/mol. The fraction of sp³-hybridized carbons (Fsp3) is 0.933. The van der Waals surface area contributed by atoms with Gasteiger partial charge in [-0.15, -0.1) is 0 Å². The van der Waals surface area contributed by atoms with Crippen LogP contribution in [0.15, 0.2) is 0 Å². The standard InChI is InChI=1S/C30H50O3/c1-18(2)19(3)16-22-8-11-26(20(22)4)30(7)15-13-27-25(28(30)32)10-9-23-17-24(33-21(5)31)12-14-29(23,27)6/h18-20,22-27H,8-17H2,1-7H3/t19-,20+,22+,23-,24-,25+,26+,27-,29-,30+/m0/s1. The van der Waals surface area contributed by atoms with E-state index < -0.39 is 0 Å². The lowest BCUT2D eigenvalue weighted by atomic mass is 9.45. The minimum absolute atomic E-state index is 0.0891. The number of esters is 1. The Bertz CT molecular complexity index is 743. The van der Waals surface area contributed by atoms with Crippen molar-refractivity contribution < 1.29 is 14.3 Å². The average Bonchev–Trinajstić information content (AvgIpc) is 3.11. The SMILES string of the molecule is CC(=O)O[C@H]1CC[C@@]2(C)[C@@H](CC[C@H]3C(=O)[C@@](C)([C@@H]4CC[C@H](C[C@H](C)C(C)C)[C@H]4C)CC[C@@H]32)C1. The molecule has 0 aromatic rings. The molecule has 33 heavy (non-hydrogen) atoms. The van der Waals surface area contributed by atoms with Gasteiger partial charge in [-0.25, -0.2) is 0 Å². The molecule has 0 radical (unpaired) electrons. The Kier molecular flexibility index (Phi) is 7.12. The molecule has 0 heterocycles. The number of carbonyl (C=O) groups is 2. The van der Waals surface area contributed by atoms with Crippen LogP contribution in [0.4, 0.5) is 0 Å². The van der Waals surface area contributed by atoms with E-state index in [1.54, 1.807) is 0 Å². The maximum atomic E-state index is 14.2. The topological polar surface area (TPSA) is 43.4 Å². The van der Waals surface area contributed by atoms with Crippen LogP contribution in [0.3, 0.4) is 0 Å². The van der Waals surface area contributed by atoms with Crippen LogP contribution in [0.2, 0.25) is 0 Å². The molecule has 0 spiro atoms. The largest absolute Gasteiger partial charge is 0.463 e. The maximum absolute atomic E-state index is 14.2. The van der Waals surface area contributed by atoms with Gasteiger partial charge in [0.05, 0.1) is 0 Å². The van der Waals surface area contributed by atoms with E-state index in [-0.39, 0.29) is 28.8 Å². The number of ketones is 1. The molecule has 4 saturated carbocycles. The second kappa shape index (κ2) is 9.30. The zero-order valence-corrected chi connectivity index (χ0v) is 22.5. The van der Waals surface area contributed by atoms with E-state index in [0.717, 1.165) is 56.3 Å². The van der Waals surface area contributed by atoms with Crippen molar-refractivity contribution in [2.75, 3.05) is 0 Å². The summed E-state index contributed by atoms with van der Waals surface area (Å²) in [6.45, 7) is 15.9. The summed E-state index contributed by atoms with van der Waals surface area (Å²) in [6, 6.07) is 0. The summed E-state index contributed by atoms with van der Waals surface area (Å²) in [5.74, 6) is 5.41. The summed E-state index contributed by atoms with van der Waals surface area (Å²) in [6.07, 6.45) is 11.6. The highest BCUT2D eigenvalue weighted by Gasteiger charge is 2.59. The quantitative estimate of drug-likeness (QED) is 0.401. The Balaban J connectivity index is 1.46. The number of Topliss-reactive ketones (excluding diaryl/α,β-unsaturated/α-hetero) is 1. The van der Waals surface area contributed by atoms with Gasteiger partial charge in [0.2, 0.25) is 0 Å². The van der Waals surface area contributed by atoms with Crippen LogP contribution in [0.5, 0.6) is 0 Å². The molecule has 188 valence electrons. The fourth-order valence-corrected chi connectivity index (χ4v) is 9.14. The third-order valence-electron chi connectivity index (χ3n) is 11.7. The van der Waals surface area contributed by atoms with Crippen molar-refractivity contribution in [2.24, 2.45) is 58.2 Å². The number of fused-ring (bicyclic) bond motifs is 3. The number of hydrogen-bond acceptors (Lipinski definition) is 3. The summed E-state index contributed by atoms with van der Waals surface area (Å²) >= 11 is 0. The Hall–Kier alpha value is -0.860. The highest BCUT2D eigenvalue weighted by atomic mass is 16.5. The van der Waals surface area contributed by atoms with Crippen LogP contribution in [0.25, 0.3) is 0 Å². The molecular weight excluding hydrogens is 408 g/mol. The van der Waals surface area contributed by atoms with Gasteiger partial charge in [0.25, 0.3) is 0 Å². The lowest BCUT2D eigenvalue weighted by Crippen LogP contribution is -2.56. The van der Waals surface area contributed by atoms with Crippen LogP contribution in [0.1, 0.15) is 113 Å². The number of hydrogen-bond donors (Lipinski definition) is 0. The van der Waals surface area contributed by atoms with E-state index in [1.165, 1.54) is 32.6 Å². The van der Waals surface area contributed by atoms with Gasteiger partial charge in [0.15, 0.2) is 0 Å². The van der Waals surface area contributed by atoms with Crippen LogP contribution in [0, 0.1) is 58.2 Å². The van der Waals surface area contributed by atoms with Gasteiger partial charge in [0, 0.05) is 18.3 Å². The molecule has 4 rings (SSSR count). The predicted molar refractivity (Wildman–Crippen MR) is 134 cm³/mol. The summed E-state index contributed by atoms with van der Waals surface area (Å²) in [5.41, 5.74) is 0.127. The van der Waals surface area contributed by atoms with Crippen LogP contribution in [-0.4, -0.2) is 17.9 Å². The predicted octanol–water partition coefficient (Wildman–Crippen LogP) is 7.46. The number of rotatable bonds is 5. The van der Waals surface area contributed by atoms with E-state index in [9.17, 15) is 9.59 Å². The molecule has 0 amide bonds. The van der Waals surface area contributed by atoms with Crippen molar-refractivity contribution in [3.63, 3.8) is 0 Å². The minimum Gasteiger partial charge on any atom is -0.463 e. The van der Waals surface area contributed by atoms with Crippen LogP contribution >= 0.6 is 0 Å². The second-order valence-electron chi connectivity index (χ2n) is 13.6. The Morgan fingerprint density at radius 1 is 1.00 bits per heavy atom. The van der Waals surface area contributed by atoms with E-state index in [4.69, 9.17) is 4.74 Å². The van der Waals surface area contributed by atoms with Gasteiger partial charge in [-0.2, -0.15) is 0 Å². The van der Waals surface area contributed by atoms with Crippen molar-refractivity contribution in [3.05, 3.63) is 0 Å². The Labute approximate surface area is 203 Å². The summed E-state index contributed by atoms with van der Waals surface area (Å²) in [7, 11) is 0. The average molecular weight is 459 g/mol. The fourth-order valence-electron chi connectivity index (χ4n) is 9.14. The molecule has 0 aromatic carbocycles. The first-order valence-electron chi connectivity index (χ1n) is 14.2. The zero-order valence-electron chi connectivity index (χ0n) is 22.5. The smallest absolute Gasteiger partial charge is 0.302 e. The van der Waals surface area contributed by atoms with E-state index in [1.807, 2.05) is 0 Å². The third-order valence-corrected chi connectivity index (χ3v) is 11.7. The molecule has 0 N–H and O–H groups in total. The molecule has 4 aliphatic carbocycles. The first-order valence-corrected chi connectivity index (χ1v) is 14.2. The van der Waals surface area contributed by atoms with E-state index >= 15 is 0 Å². The third kappa shape index (κ3) is 4.44. The van der Waals surface area contributed by atoms with Crippen molar-refractivity contribution in [1.29, 1.82) is 0 Å². The van der Waals surface area contributed by atoms with Crippen LogP contribution < -0.4 is 0 Å². The van der Waals surface area contributed by atoms with Gasteiger partial charge in [-0.3, -0.25) is 9.59 Å². The normalized spacial score (nSPS) is 46.5. The molecule has 0 bridgehead atoms. The zero-order chi connectivity index (χ0) is 24.1. The highest BCUT2D eigenvalue weighted by molar-refractivity contribution is 5.88. The molecule has 0 aromatic heterocycles.